The van der Waals surface area contributed by atoms with Gasteiger partial charge in [0.25, 0.3) is 0 Å². The molecule has 0 heterocycles. The van der Waals surface area contributed by atoms with Crippen LogP contribution in [-0.2, 0) is 9.53 Å². The monoisotopic (exact) mass is 309 g/mol. The van der Waals surface area contributed by atoms with E-state index >= 15 is 0 Å². The van der Waals surface area contributed by atoms with Gasteiger partial charge in [-0.2, -0.15) is 0 Å². The lowest BCUT2D eigenvalue weighted by atomic mass is 10.2. The molecular weight excluding hydrogens is 290 g/mol. The number of ether oxygens (including phenoxy) is 1. The quantitative estimate of drug-likeness (QED) is 0.584. The highest BCUT2D eigenvalue weighted by atomic mass is 79.9. The third kappa shape index (κ3) is 10.1. The first kappa shape index (κ1) is 16.2. The average molecular weight is 310 g/mol. The minimum Gasteiger partial charge on any atom is -0.480 e. The zero-order chi connectivity index (χ0) is 13.5. The molecule has 0 saturated carbocycles. The first-order chi connectivity index (χ1) is 7.72. The van der Waals surface area contributed by atoms with Crippen molar-refractivity contribution in [3.8, 4) is 0 Å². The van der Waals surface area contributed by atoms with E-state index in [1.165, 1.54) is 0 Å². The highest BCUT2D eigenvalue weighted by Crippen LogP contribution is 2.10. The van der Waals surface area contributed by atoms with Crippen molar-refractivity contribution in [1.82, 2.24) is 5.32 Å². The highest BCUT2D eigenvalue weighted by molar-refractivity contribution is 9.10. The van der Waals surface area contributed by atoms with E-state index < -0.39 is 22.5 Å². The maximum absolute atomic E-state index is 11.2. The summed E-state index contributed by atoms with van der Waals surface area (Å²) >= 11 is 3.05. The van der Waals surface area contributed by atoms with Crippen LogP contribution in [0.25, 0.3) is 0 Å². The number of alkyl halides is 1. The molecule has 0 fully saturated rings. The van der Waals surface area contributed by atoms with E-state index in [2.05, 4.69) is 21.2 Å². The Balaban J connectivity index is 3.52. The van der Waals surface area contributed by atoms with E-state index in [4.69, 9.17) is 9.84 Å². The topological polar surface area (TPSA) is 75.6 Å². The number of alkyl carbamates (subject to hydrolysis) is 1. The summed E-state index contributed by atoms with van der Waals surface area (Å²) in [5.41, 5.74) is -0.492. The van der Waals surface area contributed by atoms with E-state index in [1.54, 1.807) is 20.8 Å². The van der Waals surface area contributed by atoms with E-state index in [0.29, 0.717) is 13.0 Å². The number of carbonyl (C=O) groups excluding carboxylic acids is 1. The minimum atomic E-state index is -0.856. The first-order valence-corrected chi connectivity index (χ1v) is 6.47. The average Bonchev–Trinajstić information content (AvgIpc) is 2.13. The maximum atomic E-state index is 11.2. The number of hydrogen-bond acceptors (Lipinski definition) is 3. The molecule has 0 aromatic rings. The van der Waals surface area contributed by atoms with Gasteiger partial charge in [-0.05, 0) is 40.0 Å². The molecule has 0 unspecified atom stereocenters. The van der Waals surface area contributed by atoms with Gasteiger partial charge in [-0.25, -0.2) is 4.79 Å². The summed E-state index contributed by atoms with van der Waals surface area (Å²) in [5, 5.41) is 11.2. The zero-order valence-corrected chi connectivity index (χ0v) is 12.0. The molecule has 0 bridgehead atoms. The number of nitrogens with one attached hydrogen (secondary N) is 1. The Morgan fingerprint density at radius 1 is 1.35 bits per heavy atom. The van der Waals surface area contributed by atoms with Gasteiger partial charge in [-0.15, -0.1) is 0 Å². The van der Waals surface area contributed by atoms with Crippen molar-refractivity contribution >= 4 is 28.0 Å². The molecule has 0 aliphatic rings. The van der Waals surface area contributed by atoms with Crippen molar-refractivity contribution in [2.75, 3.05) is 6.54 Å². The fourth-order valence-electron chi connectivity index (χ4n) is 1.08. The van der Waals surface area contributed by atoms with Crippen molar-refractivity contribution in [1.29, 1.82) is 0 Å². The van der Waals surface area contributed by atoms with Gasteiger partial charge in [0.05, 0.1) is 0 Å². The predicted octanol–water partition coefficient (Wildman–Crippen LogP) is 2.53. The van der Waals surface area contributed by atoms with Gasteiger partial charge in [0.2, 0.25) is 0 Å². The van der Waals surface area contributed by atoms with Gasteiger partial charge >= 0.3 is 12.1 Å². The van der Waals surface area contributed by atoms with Crippen molar-refractivity contribution < 1.29 is 19.4 Å². The molecule has 0 spiro atoms. The van der Waals surface area contributed by atoms with Crippen LogP contribution in [0.15, 0.2) is 0 Å². The van der Waals surface area contributed by atoms with E-state index in [0.717, 1.165) is 12.8 Å². The number of hydrogen-bond donors (Lipinski definition) is 2. The van der Waals surface area contributed by atoms with Gasteiger partial charge in [0.1, 0.15) is 10.4 Å². The molecule has 6 heteroatoms. The second kappa shape index (κ2) is 7.53. The Bertz CT molecular complexity index is 263. The molecular formula is C11H20BrNO4. The lowest BCUT2D eigenvalue weighted by Gasteiger charge is -2.19. The van der Waals surface area contributed by atoms with Crippen molar-refractivity contribution in [2.24, 2.45) is 0 Å². The summed E-state index contributed by atoms with van der Waals surface area (Å²) in [6, 6.07) is 0. The standard InChI is InChI=1S/C11H20BrNO4/c1-11(2,3)17-10(16)13-7-5-4-6-8(12)9(14)15/h8H,4-7H2,1-3H3,(H,13,16)(H,14,15)/t8-/m0/s1. The normalized spacial score (nSPS) is 12.9. The lowest BCUT2D eigenvalue weighted by molar-refractivity contribution is -0.136. The van der Waals surface area contributed by atoms with Gasteiger partial charge in [0.15, 0.2) is 0 Å². The summed E-state index contributed by atoms with van der Waals surface area (Å²) in [5.74, 6) is -0.856. The van der Waals surface area contributed by atoms with Crippen LogP contribution in [0.1, 0.15) is 40.0 Å². The molecule has 0 aromatic carbocycles. The number of amides is 1. The Morgan fingerprint density at radius 3 is 2.41 bits per heavy atom. The molecule has 0 radical (unpaired) electrons. The fraction of sp³-hybridized carbons (Fsp3) is 0.818. The largest absolute Gasteiger partial charge is 0.480 e. The Labute approximate surface area is 110 Å². The van der Waals surface area contributed by atoms with Crippen LogP contribution in [0, 0.1) is 0 Å². The maximum Gasteiger partial charge on any atom is 0.407 e. The molecule has 1 amide bonds. The molecule has 100 valence electrons. The second-order valence-corrected chi connectivity index (χ2v) is 5.84. The number of aliphatic carboxylic acids is 1. The zero-order valence-electron chi connectivity index (χ0n) is 10.5. The molecule has 0 aliphatic carbocycles. The number of carboxylic acids is 1. The van der Waals surface area contributed by atoms with Crippen molar-refractivity contribution in [2.45, 2.75) is 50.5 Å². The third-order valence-electron chi connectivity index (χ3n) is 1.82. The van der Waals surface area contributed by atoms with Crippen LogP contribution in [-0.4, -0.2) is 34.1 Å². The number of rotatable bonds is 6. The summed E-state index contributed by atoms with van der Waals surface area (Å²) in [7, 11) is 0. The SMILES string of the molecule is CC(C)(C)OC(=O)NCCCC[C@H](Br)C(=O)O. The summed E-state index contributed by atoms with van der Waals surface area (Å²) < 4.78 is 5.05. The van der Waals surface area contributed by atoms with Gasteiger partial charge in [0, 0.05) is 6.54 Å². The fourth-order valence-corrected chi connectivity index (χ4v) is 1.40. The molecule has 17 heavy (non-hydrogen) atoms. The smallest absolute Gasteiger partial charge is 0.407 e. The summed E-state index contributed by atoms with van der Waals surface area (Å²) in [6.07, 6.45) is 1.57. The summed E-state index contributed by atoms with van der Waals surface area (Å²) in [4.78, 5) is 21.2. The Morgan fingerprint density at radius 2 is 1.94 bits per heavy atom. The van der Waals surface area contributed by atoms with Crippen molar-refractivity contribution in [3.05, 3.63) is 0 Å². The first-order valence-electron chi connectivity index (χ1n) is 5.56. The summed E-state index contributed by atoms with van der Waals surface area (Å²) in [6.45, 7) is 5.90. The van der Waals surface area contributed by atoms with Crippen LogP contribution in [0.5, 0.6) is 0 Å². The third-order valence-corrected chi connectivity index (χ3v) is 2.67. The Kier molecular flexibility index (Phi) is 7.18. The van der Waals surface area contributed by atoms with Gasteiger partial charge in [-0.3, -0.25) is 4.79 Å². The van der Waals surface area contributed by atoms with Crippen LogP contribution < -0.4 is 5.32 Å². The lowest BCUT2D eigenvalue weighted by Crippen LogP contribution is -2.33. The second-order valence-electron chi connectivity index (χ2n) is 4.73. The molecule has 5 nitrogen and oxygen atoms in total. The van der Waals surface area contributed by atoms with Crippen LogP contribution in [0.4, 0.5) is 4.79 Å². The Hall–Kier alpha value is -0.780. The highest BCUT2D eigenvalue weighted by Gasteiger charge is 2.15. The van der Waals surface area contributed by atoms with Crippen LogP contribution in [0.3, 0.4) is 0 Å². The molecule has 1 atom stereocenters. The van der Waals surface area contributed by atoms with Gasteiger partial charge in [-0.1, -0.05) is 15.9 Å². The molecule has 0 aliphatic heterocycles. The number of carboxylic acid groups (broad SMARTS) is 1. The van der Waals surface area contributed by atoms with E-state index in [9.17, 15) is 9.59 Å². The predicted molar refractivity (Wildman–Crippen MR) is 68.4 cm³/mol. The number of unbranched alkanes of at least 4 members (excludes halogenated alkanes) is 1. The minimum absolute atomic E-state index is 0.439. The number of carbonyl (C=O) groups is 2. The number of halogens is 1. The van der Waals surface area contributed by atoms with Crippen LogP contribution >= 0.6 is 15.9 Å². The molecule has 0 aromatic heterocycles. The molecule has 0 rings (SSSR count). The molecule has 0 saturated heterocycles. The van der Waals surface area contributed by atoms with Crippen LogP contribution in [0.2, 0.25) is 0 Å². The van der Waals surface area contributed by atoms with E-state index in [1.807, 2.05) is 0 Å². The molecule has 2 N–H and O–H groups in total. The van der Waals surface area contributed by atoms with Crippen molar-refractivity contribution in [3.63, 3.8) is 0 Å². The van der Waals surface area contributed by atoms with Gasteiger partial charge < -0.3 is 15.2 Å². The van der Waals surface area contributed by atoms with E-state index in [-0.39, 0.29) is 0 Å².